The maximum atomic E-state index is 6.86. The lowest BCUT2D eigenvalue weighted by molar-refractivity contribution is 0.0919. The van der Waals surface area contributed by atoms with Gasteiger partial charge in [0.2, 0.25) is 0 Å². The largest absolute Gasteiger partial charge is 0.358 e. The van der Waals surface area contributed by atoms with Crippen LogP contribution in [0.4, 0.5) is 0 Å². The molecule has 122 valence electrons. The normalized spacial score (nSPS) is 38.3. The zero-order chi connectivity index (χ0) is 16.6. The number of aromatic amines is 1. The molecule has 2 aliphatic carbocycles. The molecule has 0 radical (unpaired) electrons. The van der Waals surface area contributed by atoms with Crippen LogP contribution in [0.2, 0.25) is 0 Å². The van der Waals surface area contributed by atoms with Crippen molar-refractivity contribution >= 4 is 22.5 Å². The first-order valence-electron chi connectivity index (χ1n) is 8.71. The maximum absolute atomic E-state index is 6.86. The number of para-hydroxylation sites is 1. The van der Waals surface area contributed by atoms with E-state index < -0.39 is 0 Å². The summed E-state index contributed by atoms with van der Waals surface area (Å²) in [5.74, 6) is 1.63. The number of fused-ring (bicyclic) bond motifs is 5. The Balaban J connectivity index is 1.97. The van der Waals surface area contributed by atoms with Crippen LogP contribution in [-0.4, -0.2) is 10.4 Å². The van der Waals surface area contributed by atoms with Crippen molar-refractivity contribution in [3.63, 3.8) is 0 Å². The Morgan fingerprint density at radius 1 is 1.26 bits per heavy atom. The lowest BCUT2D eigenvalue weighted by Gasteiger charge is -2.50. The van der Waals surface area contributed by atoms with E-state index in [2.05, 4.69) is 69.6 Å². The van der Waals surface area contributed by atoms with Crippen molar-refractivity contribution < 1.29 is 0 Å². The van der Waals surface area contributed by atoms with Crippen molar-refractivity contribution in [1.29, 1.82) is 0 Å². The van der Waals surface area contributed by atoms with Crippen LogP contribution in [0.5, 0.6) is 0 Å². The Kier molecular flexibility index (Phi) is 3.11. The van der Waals surface area contributed by atoms with E-state index in [-0.39, 0.29) is 16.2 Å². The highest BCUT2D eigenvalue weighted by atomic mass is 35.5. The first kappa shape index (κ1) is 15.3. The maximum Gasteiger partial charge on any atom is 0.0459 e. The smallest absolute Gasteiger partial charge is 0.0459 e. The molecule has 0 aliphatic heterocycles. The minimum absolute atomic E-state index is 0.0151. The summed E-state index contributed by atoms with van der Waals surface area (Å²) in [6, 6.07) is 8.74. The van der Waals surface area contributed by atoms with Gasteiger partial charge in [0.1, 0.15) is 0 Å². The molecule has 2 aromatic rings. The summed E-state index contributed by atoms with van der Waals surface area (Å²) < 4.78 is 0. The van der Waals surface area contributed by atoms with Crippen LogP contribution in [0.15, 0.2) is 36.9 Å². The molecule has 2 aliphatic rings. The third-order valence-electron chi connectivity index (χ3n) is 7.18. The molecule has 1 nitrogen and oxygen atoms in total. The molecular weight excluding hydrogens is 302 g/mol. The fourth-order valence-corrected chi connectivity index (χ4v) is 5.84. The van der Waals surface area contributed by atoms with Gasteiger partial charge in [-0.2, -0.15) is 0 Å². The third-order valence-corrected chi connectivity index (χ3v) is 7.83. The second kappa shape index (κ2) is 4.66. The predicted molar refractivity (Wildman–Crippen MR) is 99.3 cm³/mol. The van der Waals surface area contributed by atoms with Crippen molar-refractivity contribution in [2.75, 3.05) is 0 Å². The predicted octanol–water partition coefficient (Wildman–Crippen LogP) is 6.00. The van der Waals surface area contributed by atoms with Crippen molar-refractivity contribution in [3.8, 4) is 0 Å². The number of hydrogen-bond acceptors (Lipinski definition) is 0. The van der Waals surface area contributed by atoms with Gasteiger partial charge >= 0.3 is 0 Å². The van der Waals surface area contributed by atoms with E-state index in [9.17, 15) is 0 Å². The molecule has 1 aromatic carbocycles. The molecule has 1 fully saturated rings. The number of benzene rings is 1. The highest BCUT2D eigenvalue weighted by molar-refractivity contribution is 6.21. The molecule has 1 N–H and O–H groups in total. The lowest BCUT2D eigenvalue weighted by atomic mass is 9.56. The zero-order valence-electron chi connectivity index (χ0n) is 14.5. The number of H-pyrrole nitrogens is 1. The zero-order valence-corrected chi connectivity index (χ0v) is 15.2. The van der Waals surface area contributed by atoms with Gasteiger partial charge in [-0.25, -0.2) is 0 Å². The molecule has 0 bridgehead atoms. The Morgan fingerprint density at radius 2 is 1.96 bits per heavy atom. The van der Waals surface area contributed by atoms with Crippen LogP contribution in [0.3, 0.4) is 0 Å². The summed E-state index contributed by atoms with van der Waals surface area (Å²) >= 11 is 6.86. The molecule has 1 aromatic heterocycles. The van der Waals surface area contributed by atoms with Gasteiger partial charge in [0.25, 0.3) is 0 Å². The Morgan fingerprint density at radius 3 is 2.65 bits per heavy atom. The number of alkyl halides is 1. The van der Waals surface area contributed by atoms with Gasteiger partial charge in [-0.05, 0) is 35.8 Å². The molecule has 0 spiro atoms. The van der Waals surface area contributed by atoms with E-state index in [0.717, 1.165) is 6.42 Å². The number of hydrogen-bond donors (Lipinski definition) is 1. The van der Waals surface area contributed by atoms with Gasteiger partial charge in [0, 0.05) is 32.8 Å². The summed E-state index contributed by atoms with van der Waals surface area (Å²) in [5.41, 5.74) is 4.36. The summed E-state index contributed by atoms with van der Waals surface area (Å²) in [6.07, 6.45) is 3.16. The monoisotopic (exact) mass is 327 g/mol. The fourth-order valence-electron chi connectivity index (χ4n) is 5.36. The van der Waals surface area contributed by atoms with E-state index in [1.54, 1.807) is 5.56 Å². The van der Waals surface area contributed by atoms with E-state index in [1.165, 1.54) is 16.6 Å². The lowest BCUT2D eigenvalue weighted by Crippen LogP contribution is -2.46. The molecule has 0 unspecified atom stereocenters. The quantitative estimate of drug-likeness (QED) is 0.488. The molecule has 1 heterocycles. The molecule has 0 saturated heterocycles. The molecule has 5 atom stereocenters. The van der Waals surface area contributed by atoms with E-state index in [4.69, 9.17) is 11.6 Å². The van der Waals surface area contributed by atoms with Crippen LogP contribution in [0.1, 0.15) is 51.3 Å². The summed E-state index contributed by atoms with van der Waals surface area (Å²) in [4.78, 5) is 3.73. The molecule has 4 rings (SSSR count). The summed E-state index contributed by atoms with van der Waals surface area (Å²) in [5, 5.41) is 1.56. The average molecular weight is 328 g/mol. The first-order chi connectivity index (χ1) is 10.8. The molecular formula is C21H26ClN. The van der Waals surface area contributed by atoms with Gasteiger partial charge in [-0.1, -0.05) is 52.0 Å². The van der Waals surface area contributed by atoms with Gasteiger partial charge in [-0.15, -0.1) is 18.2 Å². The number of allylic oxidation sites excluding steroid dienone is 1. The fraction of sp³-hybridized carbons (Fsp3) is 0.524. The topological polar surface area (TPSA) is 15.8 Å². The van der Waals surface area contributed by atoms with E-state index in [0.29, 0.717) is 17.8 Å². The Bertz CT molecular complexity index is 786. The van der Waals surface area contributed by atoms with Crippen LogP contribution < -0.4 is 0 Å². The minimum Gasteiger partial charge on any atom is -0.358 e. The Hall–Kier alpha value is -1.21. The second-order valence-corrected chi connectivity index (χ2v) is 8.90. The third kappa shape index (κ3) is 1.75. The number of rotatable bonds is 1. The minimum atomic E-state index is -0.0151. The van der Waals surface area contributed by atoms with Crippen molar-refractivity contribution in [2.45, 2.75) is 50.8 Å². The SMILES string of the molecule is C=C[C@]1(C)[C@H](Cl)C[C@H]2[C@H](c3c([nH]c4ccccc34)C2(C)C)[C@H]1C. The summed E-state index contributed by atoms with van der Waals surface area (Å²) in [7, 11) is 0. The number of aromatic nitrogens is 1. The standard InChI is InChI=1S/C21H26ClN/c1-6-21(5)12(2)17-14(11-16(21)22)20(3,4)19-18(17)13-9-7-8-10-15(13)23-19/h6-10,12,14,16-17,23H,1,11H2,2-5H3/t12-,14+,16-,17-,21+/m1/s1. The van der Waals surface area contributed by atoms with Gasteiger partial charge < -0.3 is 4.98 Å². The number of nitrogens with one attached hydrogen (secondary N) is 1. The average Bonchev–Trinajstić information content (AvgIpc) is 3.00. The highest BCUT2D eigenvalue weighted by Crippen LogP contribution is 2.64. The van der Waals surface area contributed by atoms with Crippen LogP contribution in [0, 0.1) is 17.3 Å². The molecule has 2 heteroatoms. The van der Waals surface area contributed by atoms with Crippen LogP contribution >= 0.6 is 11.6 Å². The van der Waals surface area contributed by atoms with E-state index >= 15 is 0 Å². The van der Waals surface area contributed by atoms with Gasteiger partial charge in [0.15, 0.2) is 0 Å². The van der Waals surface area contributed by atoms with Crippen molar-refractivity contribution in [2.24, 2.45) is 17.3 Å². The highest BCUT2D eigenvalue weighted by Gasteiger charge is 2.58. The Labute approximate surface area is 144 Å². The van der Waals surface area contributed by atoms with Crippen LogP contribution in [0.25, 0.3) is 10.9 Å². The second-order valence-electron chi connectivity index (χ2n) is 8.38. The first-order valence-corrected chi connectivity index (χ1v) is 9.14. The number of halogens is 1. The van der Waals surface area contributed by atoms with Crippen LogP contribution in [-0.2, 0) is 5.41 Å². The van der Waals surface area contributed by atoms with E-state index in [1.807, 2.05) is 0 Å². The molecule has 0 amide bonds. The van der Waals surface area contributed by atoms with Crippen molar-refractivity contribution in [3.05, 3.63) is 48.2 Å². The summed E-state index contributed by atoms with van der Waals surface area (Å²) in [6.45, 7) is 13.6. The molecule has 1 saturated carbocycles. The van der Waals surface area contributed by atoms with Crippen molar-refractivity contribution in [1.82, 2.24) is 4.98 Å². The van der Waals surface area contributed by atoms with Gasteiger partial charge in [0.05, 0.1) is 0 Å². The molecule has 23 heavy (non-hydrogen) atoms. The van der Waals surface area contributed by atoms with Gasteiger partial charge in [-0.3, -0.25) is 0 Å².